The molecular weight excluding hydrogens is 256 g/mol. The minimum atomic E-state index is -0.340. The Bertz CT molecular complexity index is 580. The molecule has 0 spiro atoms. The molecule has 0 bridgehead atoms. The van der Waals surface area contributed by atoms with Gasteiger partial charge in [-0.3, -0.25) is 10.4 Å². The average molecular weight is 274 g/mol. The Morgan fingerprint density at radius 1 is 1.35 bits per heavy atom. The maximum absolute atomic E-state index is 11.8. The van der Waals surface area contributed by atoms with Crippen LogP contribution in [0.2, 0.25) is 0 Å². The number of nitrogens with zero attached hydrogens (tertiary/aromatic N) is 1. The fourth-order valence-corrected chi connectivity index (χ4v) is 1.80. The third-order valence-corrected chi connectivity index (χ3v) is 2.72. The molecule has 0 aliphatic rings. The molecule has 3 N–H and O–H groups in total. The van der Waals surface area contributed by atoms with Crippen molar-refractivity contribution in [3.8, 4) is 5.75 Å². The van der Waals surface area contributed by atoms with Gasteiger partial charge in [0.15, 0.2) is 5.82 Å². The minimum Gasteiger partial charge on any atom is -0.497 e. The van der Waals surface area contributed by atoms with Gasteiger partial charge in [-0.25, -0.2) is 4.79 Å². The summed E-state index contributed by atoms with van der Waals surface area (Å²) in [5, 5.41) is 12.3. The molecule has 2 amide bonds. The minimum absolute atomic E-state index is 0.340. The molecule has 1 aromatic heterocycles. The number of urea groups is 1. The van der Waals surface area contributed by atoms with Gasteiger partial charge in [-0.1, -0.05) is 19.4 Å². The van der Waals surface area contributed by atoms with E-state index in [9.17, 15) is 4.79 Å². The number of aryl methyl sites for hydroxylation is 1. The van der Waals surface area contributed by atoms with Crippen molar-refractivity contribution in [2.24, 2.45) is 0 Å². The molecule has 0 radical (unpaired) electrons. The number of rotatable bonds is 5. The van der Waals surface area contributed by atoms with Gasteiger partial charge in [0.1, 0.15) is 5.75 Å². The molecule has 106 valence electrons. The second kappa shape index (κ2) is 6.60. The SMILES string of the molecule is CCCc1cc(NC(=O)Nc2cccc(OC)c2)n[nH]1. The van der Waals surface area contributed by atoms with Crippen LogP contribution in [-0.4, -0.2) is 23.3 Å². The van der Waals surface area contributed by atoms with E-state index in [0.29, 0.717) is 17.3 Å². The molecule has 0 saturated heterocycles. The fraction of sp³-hybridized carbons (Fsp3) is 0.286. The number of nitrogens with one attached hydrogen (secondary N) is 3. The van der Waals surface area contributed by atoms with Crippen LogP contribution < -0.4 is 15.4 Å². The summed E-state index contributed by atoms with van der Waals surface area (Å²) >= 11 is 0. The molecule has 0 aliphatic carbocycles. The highest BCUT2D eigenvalue weighted by Crippen LogP contribution is 2.17. The fourth-order valence-electron chi connectivity index (χ4n) is 1.80. The monoisotopic (exact) mass is 274 g/mol. The number of carbonyl (C=O) groups excluding carboxylic acids is 1. The van der Waals surface area contributed by atoms with Crippen LogP contribution in [0.3, 0.4) is 0 Å². The Morgan fingerprint density at radius 2 is 2.20 bits per heavy atom. The topological polar surface area (TPSA) is 79.0 Å². The first-order valence-electron chi connectivity index (χ1n) is 6.47. The number of hydrogen-bond acceptors (Lipinski definition) is 3. The van der Waals surface area contributed by atoms with Crippen LogP contribution in [0.1, 0.15) is 19.0 Å². The van der Waals surface area contributed by atoms with Crippen LogP contribution in [0.15, 0.2) is 30.3 Å². The smallest absolute Gasteiger partial charge is 0.324 e. The lowest BCUT2D eigenvalue weighted by molar-refractivity contribution is 0.262. The van der Waals surface area contributed by atoms with Crippen LogP contribution >= 0.6 is 0 Å². The third kappa shape index (κ3) is 3.74. The molecule has 20 heavy (non-hydrogen) atoms. The van der Waals surface area contributed by atoms with Gasteiger partial charge in [0.2, 0.25) is 0 Å². The van der Waals surface area contributed by atoms with Crippen molar-refractivity contribution in [1.29, 1.82) is 0 Å². The number of ether oxygens (including phenoxy) is 1. The Kier molecular flexibility index (Phi) is 4.60. The molecule has 6 nitrogen and oxygen atoms in total. The molecule has 0 atom stereocenters. The Balaban J connectivity index is 1.94. The summed E-state index contributed by atoms with van der Waals surface area (Å²) in [6.45, 7) is 2.09. The summed E-state index contributed by atoms with van der Waals surface area (Å²) in [7, 11) is 1.58. The normalized spacial score (nSPS) is 10.1. The third-order valence-electron chi connectivity index (χ3n) is 2.72. The standard InChI is InChI=1S/C14H18N4O2/c1-3-5-11-9-13(18-17-11)16-14(19)15-10-6-4-7-12(8-10)20-2/h4,6-9H,3,5H2,1-2H3,(H3,15,16,17,18,19). The number of carbonyl (C=O) groups is 1. The van der Waals surface area contributed by atoms with Crippen molar-refractivity contribution in [3.63, 3.8) is 0 Å². The van der Waals surface area contributed by atoms with Gasteiger partial charge in [0.05, 0.1) is 7.11 Å². The van der Waals surface area contributed by atoms with E-state index in [2.05, 4.69) is 27.8 Å². The first-order valence-corrected chi connectivity index (χ1v) is 6.47. The van der Waals surface area contributed by atoms with Gasteiger partial charge in [-0.05, 0) is 18.6 Å². The van der Waals surface area contributed by atoms with Crippen LogP contribution in [0.25, 0.3) is 0 Å². The van der Waals surface area contributed by atoms with Crippen LogP contribution in [0.5, 0.6) is 5.75 Å². The molecule has 0 unspecified atom stereocenters. The molecule has 1 heterocycles. The second-order valence-electron chi connectivity index (χ2n) is 4.34. The van der Waals surface area contributed by atoms with Crippen molar-refractivity contribution < 1.29 is 9.53 Å². The van der Waals surface area contributed by atoms with E-state index in [1.165, 1.54) is 0 Å². The van der Waals surface area contributed by atoms with Crippen LogP contribution in [0, 0.1) is 0 Å². The average Bonchev–Trinajstić information content (AvgIpc) is 2.86. The number of amides is 2. The lowest BCUT2D eigenvalue weighted by atomic mass is 10.2. The summed E-state index contributed by atoms with van der Waals surface area (Å²) in [6, 6.07) is 8.64. The van der Waals surface area contributed by atoms with E-state index in [1.807, 2.05) is 18.2 Å². The maximum atomic E-state index is 11.8. The van der Waals surface area contributed by atoms with E-state index in [-0.39, 0.29) is 6.03 Å². The van der Waals surface area contributed by atoms with Gasteiger partial charge < -0.3 is 10.1 Å². The van der Waals surface area contributed by atoms with Crippen molar-refractivity contribution in [2.75, 3.05) is 17.7 Å². The summed E-state index contributed by atoms with van der Waals surface area (Å²) < 4.78 is 5.10. The van der Waals surface area contributed by atoms with Crippen LogP contribution in [-0.2, 0) is 6.42 Å². The summed E-state index contributed by atoms with van der Waals surface area (Å²) in [5.74, 6) is 1.20. The Hall–Kier alpha value is -2.50. The number of hydrogen-bond donors (Lipinski definition) is 3. The summed E-state index contributed by atoms with van der Waals surface area (Å²) in [5.41, 5.74) is 1.66. The maximum Gasteiger partial charge on any atom is 0.324 e. The van der Waals surface area contributed by atoms with Gasteiger partial charge in [0, 0.05) is 23.5 Å². The van der Waals surface area contributed by atoms with E-state index in [1.54, 1.807) is 19.2 Å². The lowest BCUT2D eigenvalue weighted by Gasteiger charge is -2.06. The zero-order chi connectivity index (χ0) is 14.4. The van der Waals surface area contributed by atoms with Gasteiger partial charge in [-0.15, -0.1) is 0 Å². The Labute approximate surface area is 117 Å². The predicted octanol–water partition coefficient (Wildman–Crippen LogP) is 3.01. The highest BCUT2D eigenvalue weighted by Gasteiger charge is 2.06. The van der Waals surface area contributed by atoms with Crippen molar-refractivity contribution in [1.82, 2.24) is 10.2 Å². The van der Waals surface area contributed by atoms with E-state index in [0.717, 1.165) is 18.5 Å². The Morgan fingerprint density at radius 3 is 2.95 bits per heavy atom. The molecular formula is C14H18N4O2. The molecule has 6 heteroatoms. The number of H-pyrrole nitrogens is 1. The van der Waals surface area contributed by atoms with Crippen LogP contribution in [0.4, 0.5) is 16.3 Å². The van der Waals surface area contributed by atoms with E-state index < -0.39 is 0 Å². The first kappa shape index (κ1) is 13.9. The predicted molar refractivity (Wildman–Crippen MR) is 78.2 cm³/mol. The largest absolute Gasteiger partial charge is 0.497 e. The number of aromatic nitrogens is 2. The molecule has 0 saturated carbocycles. The molecule has 2 rings (SSSR count). The zero-order valence-electron chi connectivity index (χ0n) is 11.6. The van der Waals surface area contributed by atoms with Crippen molar-refractivity contribution in [3.05, 3.63) is 36.0 Å². The van der Waals surface area contributed by atoms with Gasteiger partial charge >= 0.3 is 6.03 Å². The highest BCUT2D eigenvalue weighted by molar-refractivity contribution is 5.99. The molecule has 2 aromatic rings. The van der Waals surface area contributed by atoms with E-state index >= 15 is 0 Å². The number of benzene rings is 1. The number of aromatic amines is 1. The second-order valence-corrected chi connectivity index (χ2v) is 4.34. The molecule has 0 fully saturated rings. The molecule has 0 aliphatic heterocycles. The van der Waals surface area contributed by atoms with E-state index in [4.69, 9.17) is 4.74 Å². The summed E-state index contributed by atoms with van der Waals surface area (Å²) in [4.78, 5) is 11.8. The van der Waals surface area contributed by atoms with Gasteiger partial charge in [-0.2, -0.15) is 5.10 Å². The first-order chi connectivity index (χ1) is 9.71. The lowest BCUT2D eigenvalue weighted by Crippen LogP contribution is -2.19. The van der Waals surface area contributed by atoms with Crippen molar-refractivity contribution in [2.45, 2.75) is 19.8 Å². The summed E-state index contributed by atoms with van der Waals surface area (Å²) in [6.07, 6.45) is 1.93. The molecule has 1 aromatic carbocycles. The zero-order valence-corrected chi connectivity index (χ0v) is 11.6. The van der Waals surface area contributed by atoms with Gasteiger partial charge in [0.25, 0.3) is 0 Å². The quantitative estimate of drug-likeness (QED) is 0.784. The highest BCUT2D eigenvalue weighted by atomic mass is 16.5. The number of methoxy groups -OCH3 is 1. The number of anilines is 2. The van der Waals surface area contributed by atoms with Crippen molar-refractivity contribution >= 4 is 17.5 Å².